The molecule has 1 saturated heterocycles. The zero-order chi connectivity index (χ0) is 11.7. The molecule has 3 nitrogen and oxygen atoms in total. The highest BCUT2D eigenvalue weighted by Gasteiger charge is 2.24. The van der Waals surface area contributed by atoms with Crippen LogP contribution in [0.25, 0.3) is 0 Å². The molecule has 0 spiro atoms. The smallest absolute Gasteiger partial charge is 0.254 e. The number of amides is 1. The van der Waals surface area contributed by atoms with Gasteiger partial charge in [0.15, 0.2) is 0 Å². The predicted octanol–water partition coefficient (Wildman–Crippen LogP) is 1.76. The fourth-order valence-corrected chi connectivity index (χ4v) is 2.30. The van der Waals surface area contributed by atoms with Crippen molar-refractivity contribution in [2.24, 2.45) is 5.73 Å². The zero-order valence-electron chi connectivity index (χ0n) is 8.62. The van der Waals surface area contributed by atoms with Gasteiger partial charge in [0.2, 0.25) is 0 Å². The van der Waals surface area contributed by atoms with Gasteiger partial charge in [-0.15, -0.1) is 0 Å². The summed E-state index contributed by atoms with van der Waals surface area (Å²) in [6.07, 6.45) is 0.808. The lowest BCUT2D eigenvalue weighted by atomic mass is 10.2. The Morgan fingerprint density at radius 3 is 2.81 bits per heavy atom. The van der Waals surface area contributed by atoms with Crippen LogP contribution in [-0.2, 0) is 0 Å². The van der Waals surface area contributed by atoms with Crippen molar-refractivity contribution in [3.05, 3.63) is 34.1 Å². The maximum absolute atomic E-state index is 13.1. The molecular formula is C11H12BrFN2O. The Morgan fingerprint density at radius 2 is 2.25 bits per heavy atom. The lowest BCUT2D eigenvalue weighted by Gasteiger charge is -2.15. The van der Waals surface area contributed by atoms with E-state index in [0.29, 0.717) is 23.1 Å². The number of halogens is 2. The van der Waals surface area contributed by atoms with Crippen LogP contribution in [0.3, 0.4) is 0 Å². The van der Waals surface area contributed by atoms with E-state index < -0.39 is 5.82 Å². The summed E-state index contributed by atoms with van der Waals surface area (Å²) in [5.41, 5.74) is 6.09. The van der Waals surface area contributed by atoms with Gasteiger partial charge in [0.1, 0.15) is 5.82 Å². The first-order valence-electron chi connectivity index (χ1n) is 5.07. The van der Waals surface area contributed by atoms with Crippen molar-refractivity contribution in [1.82, 2.24) is 4.90 Å². The highest BCUT2D eigenvalue weighted by atomic mass is 79.9. The lowest BCUT2D eigenvalue weighted by Crippen LogP contribution is -2.31. The number of benzene rings is 1. The number of rotatable bonds is 1. The first-order chi connectivity index (χ1) is 7.56. The maximum atomic E-state index is 13.1. The summed E-state index contributed by atoms with van der Waals surface area (Å²) in [6, 6.07) is 4.24. The fourth-order valence-electron chi connectivity index (χ4n) is 1.83. The molecule has 86 valence electrons. The molecule has 16 heavy (non-hydrogen) atoms. The van der Waals surface area contributed by atoms with Crippen molar-refractivity contribution in [2.75, 3.05) is 13.1 Å². The normalized spacial score (nSPS) is 20.2. The van der Waals surface area contributed by atoms with E-state index in [0.717, 1.165) is 6.42 Å². The summed E-state index contributed by atoms with van der Waals surface area (Å²) >= 11 is 3.17. The lowest BCUT2D eigenvalue weighted by molar-refractivity contribution is 0.0790. The molecule has 2 N–H and O–H groups in total. The molecule has 1 amide bonds. The number of carbonyl (C=O) groups is 1. The van der Waals surface area contributed by atoms with Crippen LogP contribution in [0.2, 0.25) is 0 Å². The number of nitrogens with zero attached hydrogens (tertiary/aromatic N) is 1. The third kappa shape index (κ3) is 2.41. The average Bonchev–Trinajstić information content (AvgIpc) is 2.62. The van der Waals surface area contributed by atoms with Crippen LogP contribution in [0.1, 0.15) is 16.8 Å². The molecule has 0 unspecified atom stereocenters. The van der Waals surface area contributed by atoms with E-state index in [2.05, 4.69) is 15.9 Å². The van der Waals surface area contributed by atoms with Gasteiger partial charge in [-0.3, -0.25) is 4.79 Å². The number of likely N-dealkylation sites (tertiary alicyclic amines) is 1. The van der Waals surface area contributed by atoms with Gasteiger partial charge in [0.05, 0.1) is 0 Å². The van der Waals surface area contributed by atoms with E-state index in [-0.39, 0.29) is 11.9 Å². The second kappa shape index (κ2) is 4.51. The number of hydrogen-bond acceptors (Lipinski definition) is 2. The predicted molar refractivity (Wildman–Crippen MR) is 62.6 cm³/mol. The number of hydrogen-bond donors (Lipinski definition) is 1. The second-order valence-corrected chi connectivity index (χ2v) is 4.87. The molecule has 1 aliphatic heterocycles. The minimum absolute atomic E-state index is 0.0425. The van der Waals surface area contributed by atoms with Crippen LogP contribution in [0.15, 0.2) is 22.7 Å². The third-order valence-electron chi connectivity index (χ3n) is 2.62. The molecule has 1 aliphatic rings. The van der Waals surface area contributed by atoms with Gasteiger partial charge in [0.25, 0.3) is 5.91 Å². The summed E-state index contributed by atoms with van der Waals surface area (Å²) in [4.78, 5) is 13.6. The molecule has 0 radical (unpaired) electrons. The minimum Gasteiger partial charge on any atom is -0.337 e. The van der Waals surface area contributed by atoms with E-state index in [4.69, 9.17) is 5.73 Å². The van der Waals surface area contributed by atoms with E-state index in [1.165, 1.54) is 12.1 Å². The molecule has 0 saturated carbocycles. The standard InChI is InChI=1S/C11H12BrFN2O/c12-8-3-7(4-9(13)5-8)11(16)15-2-1-10(14)6-15/h3-5,10H,1-2,6,14H2/t10-/m0/s1. The number of carbonyl (C=O) groups excluding carboxylic acids is 1. The topological polar surface area (TPSA) is 46.3 Å². The second-order valence-electron chi connectivity index (χ2n) is 3.96. The average molecular weight is 287 g/mol. The van der Waals surface area contributed by atoms with Crippen molar-refractivity contribution in [3.8, 4) is 0 Å². The largest absolute Gasteiger partial charge is 0.337 e. The monoisotopic (exact) mass is 286 g/mol. The van der Waals surface area contributed by atoms with Gasteiger partial charge in [-0.05, 0) is 24.6 Å². The molecule has 5 heteroatoms. The van der Waals surface area contributed by atoms with Crippen LogP contribution in [0.5, 0.6) is 0 Å². The minimum atomic E-state index is -0.416. The Bertz CT molecular complexity index is 404. The quantitative estimate of drug-likeness (QED) is 0.855. The van der Waals surface area contributed by atoms with Crippen LogP contribution in [0.4, 0.5) is 4.39 Å². The van der Waals surface area contributed by atoms with Crippen LogP contribution < -0.4 is 5.73 Å². The van der Waals surface area contributed by atoms with E-state index in [1.54, 1.807) is 11.0 Å². The number of nitrogens with two attached hydrogens (primary N) is 1. The highest BCUT2D eigenvalue weighted by Crippen LogP contribution is 2.18. The van der Waals surface area contributed by atoms with Gasteiger partial charge in [0, 0.05) is 29.2 Å². The van der Waals surface area contributed by atoms with Crippen molar-refractivity contribution < 1.29 is 9.18 Å². The molecule has 0 aliphatic carbocycles. The molecule has 1 aromatic rings. The van der Waals surface area contributed by atoms with Gasteiger partial charge >= 0.3 is 0 Å². The van der Waals surface area contributed by atoms with Gasteiger partial charge < -0.3 is 10.6 Å². The molecule has 2 rings (SSSR count). The molecule has 1 atom stereocenters. The fraction of sp³-hybridized carbons (Fsp3) is 0.364. The van der Waals surface area contributed by atoms with E-state index >= 15 is 0 Å². The summed E-state index contributed by atoms with van der Waals surface area (Å²) in [5, 5.41) is 0. The first-order valence-corrected chi connectivity index (χ1v) is 5.86. The van der Waals surface area contributed by atoms with Crippen LogP contribution in [-0.4, -0.2) is 29.9 Å². The van der Waals surface area contributed by atoms with Gasteiger partial charge in [-0.2, -0.15) is 0 Å². The molecule has 0 aromatic heterocycles. The Hall–Kier alpha value is -0.940. The van der Waals surface area contributed by atoms with Crippen molar-refractivity contribution in [1.29, 1.82) is 0 Å². The van der Waals surface area contributed by atoms with Crippen molar-refractivity contribution in [2.45, 2.75) is 12.5 Å². The Balaban J connectivity index is 2.20. The zero-order valence-corrected chi connectivity index (χ0v) is 10.2. The highest BCUT2D eigenvalue weighted by molar-refractivity contribution is 9.10. The van der Waals surface area contributed by atoms with Crippen LogP contribution >= 0.6 is 15.9 Å². The van der Waals surface area contributed by atoms with Crippen molar-refractivity contribution in [3.63, 3.8) is 0 Å². The summed E-state index contributed by atoms with van der Waals surface area (Å²) in [6.45, 7) is 1.20. The van der Waals surface area contributed by atoms with Gasteiger partial charge in [-0.1, -0.05) is 15.9 Å². The summed E-state index contributed by atoms with van der Waals surface area (Å²) in [5.74, 6) is -0.575. The van der Waals surface area contributed by atoms with E-state index in [1.807, 2.05) is 0 Å². The molecule has 1 fully saturated rings. The molecule has 0 bridgehead atoms. The van der Waals surface area contributed by atoms with Gasteiger partial charge in [-0.25, -0.2) is 4.39 Å². The Morgan fingerprint density at radius 1 is 1.50 bits per heavy atom. The molecular weight excluding hydrogens is 275 g/mol. The molecule has 1 heterocycles. The molecule has 1 aromatic carbocycles. The van der Waals surface area contributed by atoms with E-state index in [9.17, 15) is 9.18 Å². The first kappa shape index (κ1) is 11.5. The Kier molecular flexibility index (Phi) is 3.25. The third-order valence-corrected chi connectivity index (χ3v) is 3.08. The summed E-state index contributed by atoms with van der Waals surface area (Å²) in [7, 11) is 0. The van der Waals surface area contributed by atoms with Crippen molar-refractivity contribution >= 4 is 21.8 Å². The Labute approximate surface area is 102 Å². The van der Waals surface area contributed by atoms with Crippen LogP contribution in [0, 0.1) is 5.82 Å². The SMILES string of the molecule is N[C@H]1CCN(C(=O)c2cc(F)cc(Br)c2)C1. The summed E-state index contributed by atoms with van der Waals surface area (Å²) < 4.78 is 13.7. The maximum Gasteiger partial charge on any atom is 0.254 e.